The Labute approximate surface area is 439 Å². The number of phosphoric acid groups is 3. The van der Waals surface area contributed by atoms with Gasteiger partial charge in [-0.15, -0.1) is 0 Å². The van der Waals surface area contributed by atoms with E-state index in [-0.39, 0.29) is 64.7 Å². The Kier molecular flexibility index (Phi) is 15.7. The number of nitrogen functional groups attached to an aromatic ring is 3. The van der Waals surface area contributed by atoms with Crippen LogP contribution >= 0.6 is 23.5 Å². The van der Waals surface area contributed by atoms with E-state index in [1.165, 1.54) is 41.0 Å². The summed E-state index contributed by atoms with van der Waals surface area (Å²) >= 11 is 0. The van der Waals surface area contributed by atoms with Crippen LogP contribution < -0.4 is 39.7 Å². The van der Waals surface area contributed by atoms with Crippen LogP contribution in [0.15, 0.2) is 56.6 Å². The van der Waals surface area contributed by atoms with Crippen molar-refractivity contribution in [2.24, 2.45) is 0 Å². The van der Waals surface area contributed by atoms with E-state index in [4.69, 9.17) is 63.3 Å². The molecular weight excluding hydrogens is 1120 g/mol. The molecule has 0 aliphatic carbocycles. The zero-order valence-electron chi connectivity index (χ0n) is 40.8. The fourth-order valence-electron chi connectivity index (χ4n) is 9.23. The van der Waals surface area contributed by atoms with Crippen molar-refractivity contribution < 1.29 is 84.7 Å². The molecule has 0 bridgehead atoms. The second kappa shape index (κ2) is 22.1. The lowest BCUT2D eigenvalue weighted by Gasteiger charge is -2.25. The van der Waals surface area contributed by atoms with Gasteiger partial charge in [0, 0.05) is 43.6 Å². The van der Waals surface area contributed by atoms with Gasteiger partial charge in [-0.1, -0.05) is 0 Å². The zero-order chi connectivity index (χ0) is 56.3. The van der Waals surface area contributed by atoms with Crippen molar-refractivity contribution in [3.63, 3.8) is 0 Å². The molecule has 0 saturated carbocycles. The number of H-pyrrole nitrogens is 2. The number of imidazole rings is 2. The number of hydrogen-bond donors (Lipinski definition) is 10. The molecule has 6 aromatic rings. The van der Waals surface area contributed by atoms with Crippen molar-refractivity contribution in [3.8, 4) is 0 Å². The number of aromatic amines is 2. The number of anilines is 3. The fraction of sp³-hybridized carbons (Fsp3) is 0.538. The number of ether oxygens (including phenoxy) is 4. The number of rotatable bonds is 20. The molecule has 13 N–H and O–H groups in total. The van der Waals surface area contributed by atoms with Gasteiger partial charge in [0.1, 0.15) is 85.3 Å². The quantitative estimate of drug-likeness (QED) is 0.0364. The molecule has 4 fully saturated rings. The number of phosphoric ester groups is 3. The summed E-state index contributed by atoms with van der Waals surface area (Å²) in [5.74, 6) is -0.287. The lowest BCUT2D eigenvalue weighted by Crippen LogP contribution is -2.33. The molecule has 0 radical (unpaired) electrons. The van der Waals surface area contributed by atoms with Crippen LogP contribution in [0.1, 0.15) is 56.2 Å². The van der Waals surface area contributed by atoms with Crippen LogP contribution in [0.4, 0.5) is 17.6 Å². The number of fused-ring (bicyclic) bond motifs is 2. The molecule has 79 heavy (non-hydrogen) atoms. The first-order valence-electron chi connectivity index (χ1n) is 23.6. The van der Waals surface area contributed by atoms with Gasteiger partial charge in [0.25, 0.3) is 11.1 Å². The predicted octanol–water partition coefficient (Wildman–Crippen LogP) is -2.17. The average Bonchev–Trinajstić information content (AvgIpc) is 4.43. The summed E-state index contributed by atoms with van der Waals surface area (Å²) in [6.07, 6.45) is -11.0. The van der Waals surface area contributed by atoms with E-state index < -0.39 is 153 Å². The number of aliphatic hydroxyl groups is 2. The first-order chi connectivity index (χ1) is 37.4. The summed E-state index contributed by atoms with van der Waals surface area (Å²) in [6.45, 7) is -1.92. The van der Waals surface area contributed by atoms with Crippen LogP contribution in [0.25, 0.3) is 22.3 Å². The second-order valence-electron chi connectivity index (χ2n) is 18.3. The van der Waals surface area contributed by atoms with E-state index >= 15 is 0 Å². The lowest BCUT2D eigenvalue weighted by atomic mass is 10.2. The molecule has 3 unspecified atom stereocenters. The molecule has 40 heteroatoms. The van der Waals surface area contributed by atoms with Crippen molar-refractivity contribution in [2.75, 3.05) is 43.6 Å². The standard InChI is InChI=1S/C39H50N15O22P3/c1-16-8-52(39(60)50-35(16)57)28-6-19(75-77(61,62)67-10-22-17(56)4-26(71-22)54-15-46-31-34(54)48-37(42)49-36(31)58)23(72-28)11-69-79(65,66)76-20-7-29(53-14-45-30-32(41)43-13-44-33(30)53)73-24(20)12-68-78(63,64)74-18-5-27(70-21(18)9-55)51-3-2-25(40)47-38(51)59/h2-3,8,13-15,17-24,26-29,55-56H,4-7,9-12H2,1H3,(H,61,62)(H,63,64)(H,65,66)(H2,40,47,59)(H2,41,43,44)(H,50,57,60)(H3,42,48,49,58)/t17-,18-,19-,20-,21+,22+,23+,24+,26+,27+,28+,29+/m0/s1. The summed E-state index contributed by atoms with van der Waals surface area (Å²) in [5.41, 5.74) is 14.5. The van der Waals surface area contributed by atoms with Gasteiger partial charge in [0.05, 0.1) is 45.2 Å². The van der Waals surface area contributed by atoms with Crippen LogP contribution in [0.2, 0.25) is 0 Å². The molecule has 37 nitrogen and oxygen atoms in total. The maximum Gasteiger partial charge on any atom is 0.472 e. The summed E-state index contributed by atoms with van der Waals surface area (Å²) in [5, 5.41) is 20.9. The van der Waals surface area contributed by atoms with E-state index in [2.05, 4.69) is 39.9 Å². The number of aryl methyl sites for hydroxylation is 1. The van der Waals surface area contributed by atoms with Gasteiger partial charge in [-0.05, 0) is 13.0 Å². The van der Waals surface area contributed by atoms with Crippen LogP contribution in [-0.4, -0.2) is 158 Å². The summed E-state index contributed by atoms with van der Waals surface area (Å²) in [7, 11) is -15.7. The smallest absolute Gasteiger partial charge is 0.394 e. The highest BCUT2D eigenvalue weighted by Gasteiger charge is 2.48. The van der Waals surface area contributed by atoms with Gasteiger partial charge in [-0.3, -0.25) is 65.0 Å². The normalized spacial score (nSPS) is 29.5. The molecule has 4 saturated heterocycles. The second-order valence-corrected chi connectivity index (χ2v) is 22.5. The van der Waals surface area contributed by atoms with Crippen molar-refractivity contribution in [1.82, 2.24) is 58.1 Å². The Morgan fingerprint density at radius 1 is 0.646 bits per heavy atom. The van der Waals surface area contributed by atoms with E-state index in [0.717, 1.165) is 21.7 Å². The molecule has 0 amide bonds. The molecule has 10 rings (SSSR count). The summed E-state index contributed by atoms with van der Waals surface area (Å²) in [6, 6.07) is 1.31. The third-order valence-corrected chi connectivity index (χ3v) is 16.1. The van der Waals surface area contributed by atoms with Crippen molar-refractivity contribution in [1.29, 1.82) is 0 Å². The minimum Gasteiger partial charge on any atom is -0.394 e. The first kappa shape index (κ1) is 56.2. The minimum absolute atomic E-state index is 0.00150. The highest BCUT2D eigenvalue weighted by atomic mass is 31.2. The predicted molar refractivity (Wildman–Crippen MR) is 260 cm³/mol. The summed E-state index contributed by atoms with van der Waals surface area (Å²) < 4.78 is 102. The van der Waals surface area contributed by atoms with Gasteiger partial charge in [-0.2, -0.15) is 9.97 Å². The molecule has 0 spiro atoms. The van der Waals surface area contributed by atoms with Crippen molar-refractivity contribution in [2.45, 2.75) is 106 Å². The van der Waals surface area contributed by atoms with Crippen LogP contribution in [0.3, 0.4) is 0 Å². The number of nitrogens with zero attached hydrogens (tertiary/aromatic N) is 10. The highest BCUT2D eigenvalue weighted by molar-refractivity contribution is 7.48. The average molecular weight is 1170 g/mol. The Bertz CT molecular complexity index is 3650. The molecule has 15 atom stereocenters. The first-order valence-corrected chi connectivity index (χ1v) is 28.1. The van der Waals surface area contributed by atoms with Crippen LogP contribution in [0, 0.1) is 6.92 Å². The van der Waals surface area contributed by atoms with Gasteiger partial charge in [0.15, 0.2) is 22.6 Å². The largest absolute Gasteiger partial charge is 0.472 e. The Balaban J connectivity index is 0.828. The Hall–Kier alpha value is -6.05. The minimum atomic E-state index is -5.36. The molecule has 10 heterocycles. The van der Waals surface area contributed by atoms with Crippen molar-refractivity contribution >= 4 is 63.4 Å². The topological polar surface area (TPSA) is 520 Å². The van der Waals surface area contributed by atoms with E-state index in [1.807, 2.05) is 0 Å². The van der Waals surface area contributed by atoms with Gasteiger partial charge in [0.2, 0.25) is 5.95 Å². The number of hydrogen-bond acceptors (Lipinski definition) is 28. The lowest BCUT2D eigenvalue weighted by molar-refractivity contribution is -0.0630. The van der Waals surface area contributed by atoms with Crippen LogP contribution in [0.5, 0.6) is 0 Å². The van der Waals surface area contributed by atoms with Gasteiger partial charge >= 0.3 is 34.8 Å². The molecule has 428 valence electrons. The number of nitrogens with one attached hydrogen (secondary N) is 2. The van der Waals surface area contributed by atoms with E-state index in [1.54, 1.807) is 0 Å². The molecule has 4 aliphatic rings. The molecular formula is C39H50N15O22P3. The van der Waals surface area contributed by atoms with E-state index in [0.29, 0.717) is 0 Å². The number of aromatic nitrogens is 12. The number of nitrogens with two attached hydrogens (primary N) is 3. The maximum absolute atomic E-state index is 14.0. The fourth-order valence-corrected chi connectivity index (χ4v) is 12.1. The maximum atomic E-state index is 14.0. The number of aliphatic hydroxyl groups excluding tert-OH is 2. The summed E-state index contributed by atoms with van der Waals surface area (Å²) in [4.78, 5) is 112. The Morgan fingerprint density at radius 2 is 1.16 bits per heavy atom. The molecule has 0 aromatic carbocycles. The highest BCUT2D eigenvalue weighted by Crippen LogP contribution is 2.54. The molecule has 4 aliphatic heterocycles. The third kappa shape index (κ3) is 12.2. The SMILES string of the molecule is Cc1cn([C@H]2C[C@H](OP(=O)(O)OC[C@H]3O[C@@H](n4cnc5c(=O)[nH]c(N)nc54)C[C@@H]3O)[C@@H](COP(=O)(O)O[C@H]3C[C@H](n4cnc5c(N)ncnc54)O[C@@H]3COP(=O)(O)O[C@H]3C[C@H](n4ccc(N)nc4=O)O[C@@H]3CO)O2)c(=O)[nH]c1=O. The third-order valence-electron chi connectivity index (χ3n) is 13.0. The monoisotopic (exact) mass is 1170 g/mol. The van der Waals surface area contributed by atoms with Crippen molar-refractivity contribution in [3.05, 3.63) is 84.7 Å². The zero-order valence-corrected chi connectivity index (χ0v) is 43.5. The Morgan fingerprint density at radius 3 is 1.77 bits per heavy atom. The van der Waals surface area contributed by atoms with Gasteiger partial charge in [-0.25, -0.2) is 43.2 Å². The van der Waals surface area contributed by atoms with Gasteiger partial charge < -0.3 is 61.0 Å². The molecule has 6 aromatic heterocycles. The van der Waals surface area contributed by atoms with E-state index in [9.17, 15) is 57.8 Å². The van der Waals surface area contributed by atoms with Crippen LogP contribution in [-0.2, 0) is 59.8 Å².